The van der Waals surface area contributed by atoms with E-state index in [9.17, 15) is 0 Å². The highest BCUT2D eigenvalue weighted by molar-refractivity contribution is 8.13. The molecule has 0 fully saturated rings. The third-order valence-electron chi connectivity index (χ3n) is 3.99. The zero-order valence-corrected chi connectivity index (χ0v) is 13.2. The zero-order valence-electron chi connectivity index (χ0n) is 12.4. The summed E-state index contributed by atoms with van der Waals surface area (Å²) in [4.78, 5) is 4.78. The predicted molar refractivity (Wildman–Crippen MR) is 93.7 cm³/mol. The van der Waals surface area contributed by atoms with Crippen LogP contribution in [0.4, 0.5) is 5.69 Å². The monoisotopic (exact) mass is 318 g/mol. The van der Waals surface area contributed by atoms with Crippen molar-refractivity contribution < 1.29 is 0 Å². The van der Waals surface area contributed by atoms with E-state index in [1.807, 2.05) is 41.6 Å². The molecule has 4 rings (SSSR count). The number of hydrazone groups is 1. The number of nitriles is 1. The minimum absolute atomic E-state index is 0.271. The lowest BCUT2D eigenvalue weighted by molar-refractivity contribution is 0.372. The first kappa shape index (κ1) is 14.0. The van der Waals surface area contributed by atoms with Crippen LogP contribution in [0.2, 0.25) is 0 Å². The number of hydrogen-bond acceptors (Lipinski definition) is 5. The maximum absolute atomic E-state index is 8.86. The fourth-order valence-electron chi connectivity index (χ4n) is 2.80. The summed E-state index contributed by atoms with van der Waals surface area (Å²) < 4.78 is 0. The van der Waals surface area contributed by atoms with Crippen molar-refractivity contribution in [3.63, 3.8) is 0 Å². The summed E-state index contributed by atoms with van der Waals surface area (Å²) in [5.74, 6) is 0.811. The van der Waals surface area contributed by atoms with Crippen molar-refractivity contribution in [2.75, 3.05) is 0 Å². The summed E-state index contributed by atoms with van der Waals surface area (Å²) in [6.07, 6.45) is 2.89. The van der Waals surface area contributed by atoms with Gasteiger partial charge in [0.15, 0.2) is 5.17 Å². The molecule has 0 spiro atoms. The van der Waals surface area contributed by atoms with Gasteiger partial charge in [-0.1, -0.05) is 42.1 Å². The van der Waals surface area contributed by atoms with Gasteiger partial charge in [0.25, 0.3) is 0 Å². The van der Waals surface area contributed by atoms with Crippen LogP contribution in [0.3, 0.4) is 0 Å². The fraction of sp³-hybridized carbons (Fsp3) is 0.167. The van der Waals surface area contributed by atoms with Crippen LogP contribution in [-0.2, 0) is 5.75 Å². The van der Waals surface area contributed by atoms with Crippen LogP contribution in [0.25, 0.3) is 0 Å². The van der Waals surface area contributed by atoms with Crippen molar-refractivity contribution in [1.29, 1.82) is 5.26 Å². The van der Waals surface area contributed by atoms with Gasteiger partial charge >= 0.3 is 0 Å². The third-order valence-corrected chi connectivity index (χ3v) is 5.00. The number of hydrogen-bond donors (Lipinski definition) is 0. The maximum Gasteiger partial charge on any atom is 0.185 e. The number of para-hydroxylation sites is 1. The lowest BCUT2D eigenvalue weighted by Gasteiger charge is -2.29. The lowest BCUT2D eigenvalue weighted by atomic mass is 10.0. The zero-order chi connectivity index (χ0) is 15.6. The van der Waals surface area contributed by atoms with Gasteiger partial charge < -0.3 is 0 Å². The van der Waals surface area contributed by atoms with E-state index in [-0.39, 0.29) is 6.04 Å². The SMILES string of the molecule is N#Cc1ccc(CSC2=Nc3ccccc3[C@@H]3CC=NN23)cc1. The summed E-state index contributed by atoms with van der Waals surface area (Å²) in [6, 6.07) is 18.4. The van der Waals surface area contributed by atoms with Crippen molar-refractivity contribution in [2.45, 2.75) is 18.2 Å². The maximum atomic E-state index is 8.86. The van der Waals surface area contributed by atoms with E-state index < -0.39 is 0 Å². The molecule has 23 heavy (non-hydrogen) atoms. The van der Waals surface area contributed by atoms with Gasteiger partial charge in [0.1, 0.15) is 0 Å². The van der Waals surface area contributed by atoms with Gasteiger partial charge in [-0.15, -0.1) is 0 Å². The summed E-state index contributed by atoms with van der Waals surface area (Å²) in [5, 5.41) is 16.3. The Kier molecular flexibility index (Phi) is 3.60. The first-order valence-electron chi connectivity index (χ1n) is 7.46. The fourth-order valence-corrected chi connectivity index (χ4v) is 3.76. The second-order valence-corrected chi connectivity index (χ2v) is 6.39. The van der Waals surface area contributed by atoms with E-state index in [1.165, 1.54) is 11.1 Å². The normalized spacial score (nSPS) is 18.1. The van der Waals surface area contributed by atoms with Crippen molar-refractivity contribution in [3.05, 3.63) is 65.2 Å². The minimum atomic E-state index is 0.271. The molecule has 1 atom stereocenters. The highest BCUT2D eigenvalue weighted by Gasteiger charge is 2.32. The Hall–Kier alpha value is -2.58. The van der Waals surface area contributed by atoms with Crippen LogP contribution < -0.4 is 0 Å². The summed E-state index contributed by atoms with van der Waals surface area (Å²) in [7, 11) is 0. The molecule has 0 radical (unpaired) electrons. The van der Waals surface area contributed by atoms with Crippen molar-refractivity contribution >= 4 is 28.8 Å². The number of aliphatic imine (C=N–C) groups is 1. The van der Waals surface area contributed by atoms with Crippen molar-refractivity contribution in [2.24, 2.45) is 10.1 Å². The van der Waals surface area contributed by atoms with E-state index in [4.69, 9.17) is 10.3 Å². The van der Waals surface area contributed by atoms with Crippen LogP contribution >= 0.6 is 11.8 Å². The molecule has 0 bridgehead atoms. The summed E-state index contributed by atoms with van der Waals surface area (Å²) >= 11 is 1.68. The number of amidine groups is 1. The Morgan fingerprint density at radius 1 is 1.17 bits per heavy atom. The number of benzene rings is 2. The molecule has 0 aromatic heterocycles. The third kappa shape index (κ3) is 2.62. The second kappa shape index (κ2) is 5.90. The van der Waals surface area contributed by atoms with Gasteiger partial charge in [0, 0.05) is 24.0 Å². The molecule has 2 aliphatic heterocycles. The molecular formula is C18H14N4S. The molecule has 0 N–H and O–H groups in total. The largest absolute Gasteiger partial charge is 0.235 e. The van der Waals surface area contributed by atoms with Gasteiger partial charge in [-0.25, -0.2) is 10.0 Å². The number of rotatable bonds is 2. The Balaban J connectivity index is 1.57. The molecule has 2 aromatic carbocycles. The minimum Gasteiger partial charge on any atom is -0.235 e. The van der Waals surface area contributed by atoms with E-state index in [0.717, 1.165) is 23.0 Å². The predicted octanol–water partition coefficient (Wildman–Crippen LogP) is 4.23. The Morgan fingerprint density at radius 2 is 2.00 bits per heavy atom. The van der Waals surface area contributed by atoms with Gasteiger partial charge in [0.05, 0.1) is 23.4 Å². The molecule has 0 amide bonds. The quantitative estimate of drug-likeness (QED) is 0.833. The van der Waals surface area contributed by atoms with E-state index in [1.54, 1.807) is 11.8 Å². The molecule has 112 valence electrons. The van der Waals surface area contributed by atoms with Gasteiger partial charge in [-0.05, 0) is 23.8 Å². The summed E-state index contributed by atoms with van der Waals surface area (Å²) in [5.41, 5.74) is 4.15. The first-order valence-corrected chi connectivity index (χ1v) is 8.45. The highest BCUT2D eigenvalue weighted by Crippen LogP contribution is 2.41. The average Bonchev–Trinajstić information content (AvgIpc) is 3.10. The molecular weight excluding hydrogens is 304 g/mol. The van der Waals surface area contributed by atoms with Crippen LogP contribution in [0.15, 0.2) is 58.6 Å². The van der Waals surface area contributed by atoms with Crippen molar-refractivity contribution in [3.8, 4) is 6.07 Å². The Labute approximate surface area is 139 Å². The lowest BCUT2D eigenvalue weighted by Crippen LogP contribution is -2.27. The summed E-state index contributed by atoms with van der Waals surface area (Å²) in [6.45, 7) is 0. The van der Waals surface area contributed by atoms with E-state index in [2.05, 4.69) is 29.4 Å². The molecule has 2 aliphatic rings. The Morgan fingerprint density at radius 3 is 2.83 bits per heavy atom. The second-order valence-electron chi connectivity index (χ2n) is 5.44. The van der Waals surface area contributed by atoms with Gasteiger partial charge in [-0.2, -0.15) is 10.4 Å². The molecule has 0 saturated heterocycles. The standard InChI is InChI=1S/C18H14N4S/c19-11-13-5-7-14(8-6-13)12-23-18-21-16-4-2-1-3-15(16)17-9-10-20-22(17)18/h1-8,10,17H,9,12H2/t17-/m0/s1. The van der Waals surface area contributed by atoms with Crippen LogP contribution in [0.5, 0.6) is 0 Å². The van der Waals surface area contributed by atoms with Gasteiger partial charge in [0.2, 0.25) is 0 Å². The van der Waals surface area contributed by atoms with Crippen molar-refractivity contribution in [1.82, 2.24) is 5.01 Å². The first-order chi connectivity index (χ1) is 11.3. The highest BCUT2D eigenvalue weighted by atomic mass is 32.2. The number of fused-ring (bicyclic) bond motifs is 3. The smallest absolute Gasteiger partial charge is 0.185 e. The average molecular weight is 318 g/mol. The molecule has 4 nitrogen and oxygen atoms in total. The Bertz CT molecular complexity index is 833. The van der Waals surface area contributed by atoms with E-state index in [0.29, 0.717) is 5.56 Å². The molecule has 2 heterocycles. The molecule has 5 heteroatoms. The topological polar surface area (TPSA) is 51.8 Å². The van der Waals surface area contributed by atoms with Crippen LogP contribution in [-0.4, -0.2) is 16.4 Å². The van der Waals surface area contributed by atoms with E-state index >= 15 is 0 Å². The molecule has 0 aliphatic carbocycles. The molecule has 2 aromatic rings. The number of nitrogens with zero attached hydrogens (tertiary/aromatic N) is 4. The molecule has 0 saturated carbocycles. The van der Waals surface area contributed by atoms with Crippen LogP contribution in [0.1, 0.15) is 29.2 Å². The van der Waals surface area contributed by atoms with Gasteiger partial charge in [-0.3, -0.25) is 0 Å². The molecule has 0 unspecified atom stereocenters. The number of thioether (sulfide) groups is 1. The van der Waals surface area contributed by atoms with Crippen LogP contribution in [0, 0.1) is 11.3 Å².